The van der Waals surface area contributed by atoms with E-state index < -0.39 is 11.5 Å². The third-order valence-electron chi connectivity index (χ3n) is 2.38. The second-order valence-corrected chi connectivity index (χ2v) is 5.52. The van der Waals surface area contributed by atoms with Crippen molar-refractivity contribution >= 4 is 28.3 Å². The van der Waals surface area contributed by atoms with Crippen LogP contribution in [-0.4, -0.2) is 16.5 Å². The van der Waals surface area contributed by atoms with Crippen LogP contribution in [0, 0.1) is 0 Å². The second-order valence-electron chi connectivity index (χ2n) is 5.17. The van der Waals surface area contributed by atoms with E-state index in [-0.39, 0.29) is 5.69 Å². The van der Waals surface area contributed by atoms with Gasteiger partial charge in [0.15, 0.2) is 0 Å². The van der Waals surface area contributed by atoms with Crippen LogP contribution in [0.2, 0.25) is 5.15 Å². The van der Waals surface area contributed by atoms with E-state index in [2.05, 4.69) is 10.5 Å². The van der Waals surface area contributed by atoms with Gasteiger partial charge in [0, 0.05) is 5.39 Å². The molecule has 1 aromatic carbocycles. The van der Waals surface area contributed by atoms with Crippen molar-refractivity contribution in [3.63, 3.8) is 0 Å². The lowest BCUT2D eigenvalue weighted by Crippen LogP contribution is -2.33. The Kier molecular flexibility index (Phi) is 3.73. The van der Waals surface area contributed by atoms with Gasteiger partial charge in [-0.2, -0.15) is 0 Å². The first-order valence-corrected chi connectivity index (χ1v) is 6.28. The Hall–Kier alpha value is -1.65. The highest BCUT2D eigenvalue weighted by atomic mass is 35.5. The fourth-order valence-electron chi connectivity index (χ4n) is 1.52. The minimum atomic E-state index is -0.462. The van der Waals surface area contributed by atoms with Crippen molar-refractivity contribution in [2.24, 2.45) is 0 Å². The molecule has 0 saturated heterocycles. The molecule has 0 saturated carbocycles. The number of halogens is 1. The van der Waals surface area contributed by atoms with E-state index in [1.807, 2.05) is 45.0 Å². The molecule has 0 fully saturated rings. The molecule has 4 nitrogen and oxygen atoms in total. The molecule has 0 unspecified atom stereocenters. The fraction of sp³-hybridized carbons (Fsp3) is 0.286. The molecule has 0 spiro atoms. The van der Waals surface area contributed by atoms with Crippen LogP contribution in [0.4, 0.5) is 0 Å². The predicted octanol–water partition coefficient (Wildman–Crippen LogP) is 3.35. The van der Waals surface area contributed by atoms with Crippen LogP contribution in [0.3, 0.4) is 0 Å². The average Bonchev–Trinajstić information content (AvgIpc) is 2.35. The Morgan fingerprint density at radius 2 is 2.00 bits per heavy atom. The highest BCUT2D eigenvalue weighted by molar-refractivity contribution is 6.34. The number of carbonyl (C=O) groups is 1. The summed E-state index contributed by atoms with van der Waals surface area (Å²) in [6.45, 7) is 5.52. The van der Waals surface area contributed by atoms with E-state index in [0.717, 1.165) is 10.8 Å². The Morgan fingerprint density at radius 3 is 2.68 bits per heavy atom. The topological polar surface area (TPSA) is 51.2 Å². The average molecular weight is 279 g/mol. The summed E-state index contributed by atoms with van der Waals surface area (Å²) in [5.74, 6) is -0.414. The summed E-state index contributed by atoms with van der Waals surface area (Å²) in [5.41, 5.74) is 2.14. The van der Waals surface area contributed by atoms with E-state index >= 15 is 0 Å². The third kappa shape index (κ3) is 3.43. The normalized spacial score (nSPS) is 11.6. The molecule has 0 aliphatic carbocycles. The smallest absolute Gasteiger partial charge is 0.268 e. The maximum absolute atomic E-state index is 11.9. The van der Waals surface area contributed by atoms with Gasteiger partial charge in [0.25, 0.3) is 5.91 Å². The molecular weight excluding hydrogens is 264 g/mol. The van der Waals surface area contributed by atoms with Crippen molar-refractivity contribution in [3.8, 4) is 0 Å². The van der Waals surface area contributed by atoms with Gasteiger partial charge in [-0.3, -0.25) is 9.63 Å². The highest BCUT2D eigenvalue weighted by Gasteiger charge is 2.16. The summed E-state index contributed by atoms with van der Waals surface area (Å²) >= 11 is 6.06. The van der Waals surface area contributed by atoms with E-state index in [0.29, 0.717) is 5.15 Å². The van der Waals surface area contributed by atoms with E-state index in [1.54, 1.807) is 6.07 Å². The molecule has 1 aromatic heterocycles. The van der Waals surface area contributed by atoms with Crippen molar-refractivity contribution in [3.05, 3.63) is 41.2 Å². The van der Waals surface area contributed by atoms with Crippen molar-refractivity contribution in [2.75, 3.05) is 0 Å². The zero-order chi connectivity index (χ0) is 14.0. The van der Waals surface area contributed by atoms with Crippen molar-refractivity contribution < 1.29 is 9.63 Å². The first-order valence-electron chi connectivity index (χ1n) is 5.90. The summed E-state index contributed by atoms with van der Waals surface area (Å²) in [7, 11) is 0. The maximum Gasteiger partial charge on any atom is 0.293 e. The number of hydrogen-bond acceptors (Lipinski definition) is 3. The summed E-state index contributed by atoms with van der Waals surface area (Å²) in [6, 6.07) is 9.18. The van der Waals surface area contributed by atoms with Gasteiger partial charge in [-0.1, -0.05) is 35.9 Å². The molecule has 0 aliphatic heterocycles. The standard InChI is InChI=1S/C14H15ClN2O2/c1-14(2,3)19-17-13(18)11-8-9-6-4-5-7-10(9)12(15)16-11/h4-8H,1-3H3,(H,17,18). The lowest BCUT2D eigenvalue weighted by molar-refractivity contribution is -0.0591. The monoisotopic (exact) mass is 278 g/mol. The second kappa shape index (κ2) is 5.15. The Labute approximate surface area is 116 Å². The van der Waals surface area contributed by atoms with Crippen LogP contribution in [0.1, 0.15) is 31.3 Å². The van der Waals surface area contributed by atoms with Gasteiger partial charge < -0.3 is 0 Å². The molecule has 5 heteroatoms. The first-order chi connectivity index (χ1) is 8.87. The van der Waals surface area contributed by atoms with Crippen LogP contribution in [0.5, 0.6) is 0 Å². The van der Waals surface area contributed by atoms with Crippen LogP contribution < -0.4 is 5.48 Å². The number of nitrogens with zero attached hydrogens (tertiary/aromatic N) is 1. The summed E-state index contributed by atoms with van der Waals surface area (Å²) in [6.07, 6.45) is 0. The van der Waals surface area contributed by atoms with Crippen molar-refractivity contribution in [1.29, 1.82) is 0 Å². The number of aromatic nitrogens is 1. The summed E-state index contributed by atoms with van der Waals surface area (Å²) in [4.78, 5) is 21.2. The van der Waals surface area contributed by atoms with Crippen molar-refractivity contribution in [1.82, 2.24) is 10.5 Å². The van der Waals surface area contributed by atoms with Crippen LogP contribution in [0.25, 0.3) is 10.8 Å². The minimum Gasteiger partial charge on any atom is -0.268 e. The van der Waals surface area contributed by atoms with Crippen LogP contribution in [-0.2, 0) is 4.84 Å². The Morgan fingerprint density at radius 1 is 1.32 bits per heavy atom. The van der Waals surface area contributed by atoms with E-state index in [1.165, 1.54) is 0 Å². The molecule has 2 rings (SSSR count). The number of rotatable bonds is 2. The maximum atomic E-state index is 11.9. The minimum absolute atomic E-state index is 0.230. The number of amides is 1. The van der Waals surface area contributed by atoms with Gasteiger partial charge in [-0.25, -0.2) is 10.5 Å². The van der Waals surface area contributed by atoms with E-state index in [4.69, 9.17) is 16.4 Å². The number of benzene rings is 1. The Balaban J connectivity index is 2.28. The number of hydroxylamine groups is 1. The summed E-state index contributed by atoms with van der Waals surface area (Å²) < 4.78 is 0. The molecule has 0 atom stereocenters. The number of fused-ring (bicyclic) bond motifs is 1. The molecule has 1 heterocycles. The molecule has 0 bridgehead atoms. The van der Waals surface area contributed by atoms with Gasteiger partial charge in [0.05, 0.1) is 5.60 Å². The van der Waals surface area contributed by atoms with E-state index in [9.17, 15) is 4.79 Å². The molecule has 1 N–H and O–H groups in total. The Bertz CT molecular complexity index is 620. The largest absolute Gasteiger partial charge is 0.293 e. The first kappa shape index (κ1) is 13.8. The summed E-state index contributed by atoms with van der Waals surface area (Å²) in [5, 5.41) is 1.99. The van der Waals surface area contributed by atoms with Gasteiger partial charge in [-0.15, -0.1) is 0 Å². The number of nitrogens with one attached hydrogen (secondary N) is 1. The molecule has 19 heavy (non-hydrogen) atoms. The quantitative estimate of drug-likeness (QED) is 0.677. The predicted molar refractivity (Wildman–Crippen MR) is 75.1 cm³/mol. The lowest BCUT2D eigenvalue weighted by atomic mass is 10.1. The molecule has 2 aromatic rings. The molecule has 0 aliphatic rings. The molecule has 0 radical (unpaired) electrons. The fourth-order valence-corrected chi connectivity index (χ4v) is 1.79. The van der Waals surface area contributed by atoms with Gasteiger partial charge in [0.2, 0.25) is 0 Å². The molecular formula is C14H15ClN2O2. The SMILES string of the molecule is CC(C)(C)ONC(=O)c1cc2ccccc2c(Cl)n1. The van der Waals surface area contributed by atoms with Gasteiger partial charge in [0.1, 0.15) is 10.8 Å². The van der Waals surface area contributed by atoms with Crippen LogP contribution >= 0.6 is 11.6 Å². The lowest BCUT2D eigenvalue weighted by Gasteiger charge is -2.18. The highest BCUT2D eigenvalue weighted by Crippen LogP contribution is 2.22. The number of pyridine rings is 1. The van der Waals surface area contributed by atoms with Crippen LogP contribution in [0.15, 0.2) is 30.3 Å². The van der Waals surface area contributed by atoms with Gasteiger partial charge in [-0.05, 0) is 32.2 Å². The number of carbonyl (C=O) groups excluding carboxylic acids is 1. The van der Waals surface area contributed by atoms with Crippen molar-refractivity contribution in [2.45, 2.75) is 26.4 Å². The van der Waals surface area contributed by atoms with Gasteiger partial charge >= 0.3 is 0 Å². The molecule has 1 amide bonds. The number of hydrogen-bond donors (Lipinski definition) is 1. The molecule has 100 valence electrons. The third-order valence-corrected chi connectivity index (χ3v) is 2.66. The zero-order valence-electron chi connectivity index (χ0n) is 11.0. The zero-order valence-corrected chi connectivity index (χ0v) is 11.8.